The Morgan fingerprint density at radius 3 is 2.24 bits per heavy atom. The van der Waals surface area contributed by atoms with Crippen molar-refractivity contribution >= 4 is 6.08 Å². The number of alkyl halides is 3. The summed E-state index contributed by atoms with van der Waals surface area (Å²) >= 11 is 0. The van der Waals surface area contributed by atoms with E-state index in [1.54, 1.807) is 30.3 Å². The fraction of sp³-hybridized carbons (Fsp3) is 0.133. The zero-order chi connectivity index (χ0) is 15.5. The van der Waals surface area contributed by atoms with Gasteiger partial charge in [-0.3, -0.25) is 0 Å². The number of halogens is 4. The van der Waals surface area contributed by atoms with E-state index in [1.807, 2.05) is 0 Å². The van der Waals surface area contributed by atoms with Gasteiger partial charge in [-0.05, 0) is 17.7 Å². The van der Waals surface area contributed by atoms with E-state index in [-0.39, 0.29) is 5.56 Å². The highest BCUT2D eigenvalue weighted by Gasteiger charge is 2.32. The minimum atomic E-state index is -4.63. The van der Waals surface area contributed by atoms with Gasteiger partial charge in [0, 0.05) is 5.56 Å². The minimum absolute atomic E-state index is 0.113. The number of benzene rings is 2. The molecule has 2 aromatic rings. The molecular formula is C15H9F4NO. The molecule has 0 radical (unpaired) electrons. The van der Waals surface area contributed by atoms with Gasteiger partial charge in [0.15, 0.2) is 0 Å². The van der Waals surface area contributed by atoms with E-state index in [1.165, 1.54) is 6.08 Å². The number of rotatable bonds is 3. The van der Waals surface area contributed by atoms with Crippen molar-refractivity contribution < 1.29 is 22.4 Å². The third-order valence-corrected chi connectivity index (χ3v) is 2.92. The molecule has 0 aliphatic carbocycles. The summed E-state index contributed by atoms with van der Waals surface area (Å²) in [5.74, 6) is -1.07. The standard InChI is InChI=1S/C15H9F4NO/c16-13-8-11(15(17,18)19)6-7-12(13)14(20-9-21)10-4-2-1-3-5-10/h1-8,14H. The molecule has 2 nitrogen and oxygen atoms in total. The monoisotopic (exact) mass is 295 g/mol. The van der Waals surface area contributed by atoms with Crippen molar-refractivity contribution in [2.45, 2.75) is 12.2 Å². The van der Waals surface area contributed by atoms with Gasteiger partial charge in [-0.1, -0.05) is 36.4 Å². The molecule has 21 heavy (non-hydrogen) atoms. The van der Waals surface area contributed by atoms with Crippen LogP contribution in [0.1, 0.15) is 22.7 Å². The van der Waals surface area contributed by atoms with Crippen LogP contribution in [0.3, 0.4) is 0 Å². The molecule has 2 rings (SSSR count). The molecule has 0 amide bonds. The molecule has 2 aromatic carbocycles. The molecule has 0 heterocycles. The highest BCUT2D eigenvalue weighted by Crippen LogP contribution is 2.33. The van der Waals surface area contributed by atoms with Gasteiger partial charge < -0.3 is 0 Å². The van der Waals surface area contributed by atoms with Crippen LogP contribution in [0.2, 0.25) is 0 Å². The maximum atomic E-state index is 13.9. The van der Waals surface area contributed by atoms with E-state index < -0.39 is 23.6 Å². The minimum Gasteiger partial charge on any atom is -0.211 e. The van der Waals surface area contributed by atoms with Crippen molar-refractivity contribution in [1.29, 1.82) is 0 Å². The van der Waals surface area contributed by atoms with Gasteiger partial charge in [0.2, 0.25) is 6.08 Å². The summed E-state index contributed by atoms with van der Waals surface area (Å²) in [6.45, 7) is 0. The van der Waals surface area contributed by atoms with Crippen molar-refractivity contribution in [2.75, 3.05) is 0 Å². The molecule has 1 atom stereocenters. The van der Waals surface area contributed by atoms with Crippen LogP contribution < -0.4 is 0 Å². The smallest absolute Gasteiger partial charge is 0.211 e. The van der Waals surface area contributed by atoms with Gasteiger partial charge in [0.05, 0.1) is 5.56 Å². The Morgan fingerprint density at radius 2 is 1.71 bits per heavy atom. The lowest BCUT2D eigenvalue weighted by Crippen LogP contribution is -2.08. The molecule has 0 aromatic heterocycles. The molecule has 108 valence electrons. The normalized spacial score (nSPS) is 12.6. The third-order valence-electron chi connectivity index (χ3n) is 2.92. The van der Waals surface area contributed by atoms with Crippen LogP contribution >= 0.6 is 0 Å². The largest absolute Gasteiger partial charge is 0.416 e. The fourth-order valence-corrected chi connectivity index (χ4v) is 1.94. The van der Waals surface area contributed by atoms with Crippen LogP contribution in [-0.2, 0) is 11.0 Å². The van der Waals surface area contributed by atoms with Gasteiger partial charge in [-0.2, -0.15) is 18.2 Å². The molecule has 0 spiro atoms. The summed E-state index contributed by atoms with van der Waals surface area (Å²) < 4.78 is 51.5. The summed E-state index contributed by atoms with van der Waals surface area (Å²) in [5, 5.41) is 0. The molecular weight excluding hydrogens is 286 g/mol. The van der Waals surface area contributed by atoms with Crippen molar-refractivity contribution in [3.05, 3.63) is 71.0 Å². The highest BCUT2D eigenvalue weighted by atomic mass is 19.4. The number of hydrogen-bond donors (Lipinski definition) is 0. The first-order valence-electron chi connectivity index (χ1n) is 5.92. The van der Waals surface area contributed by atoms with E-state index in [9.17, 15) is 22.4 Å². The first kappa shape index (κ1) is 14.9. The van der Waals surface area contributed by atoms with E-state index in [0.717, 1.165) is 12.1 Å². The molecule has 0 bridgehead atoms. The van der Waals surface area contributed by atoms with Crippen LogP contribution in [-0.4, -0.2) is 6.08 Å². The van der Waals surface area contributed by atoms with Gasteiger partial charge in [0.25, 0.3) is 0 Å². The molecule has 0 fully saturated rings. The van der Waals surface area contributed by atoms with Crippen molar-refractivity contribution in [3.8, 4) is 0 Å². The zero-order valence-corrected chi connectivity index (χ0v) is 10.6. The lowest BCUT2D eigenvalue weighted by atomic mass is 9.97. The Kier molecular flexibility index (Phi) is 4.19. The van der Waals surface area contributed by atoms with Crippen LogP contribution in [0.4, 0.5) is 17.6 Å². The van der Waals surface area contributed by atoms with E-state index >= 15 is 0 Å². The summed E-state index contributed by atoms with van der Waals surface area (Å²) in [6, 6.07) is 9.34. The average molecular weight is 295 g/mol. The fourth-order valence-electron chi connectivity index (χ4n) is 1.94. The van der Waals surface area contributed by atoms with E-state index in [4.69, 9.17) is 0 Å². The zero-order valence-electron chi connectivity index (χ0n) is 10.6. The Hall–Kier alpha value is -2.46. The third kappa shape index (κ3) is 3.35. The highest BCUT2D eigenvalue weighted by molar-refractivity contribution is 5.41. The Balaban J connectivity index is 2.50. The van der Waals surface area contributed by atoms with Crippen molar-refractivity contribution in [2.24, 2.45) is 4.99 Å². The van der Waals surface area contributed by atoms with Crippen molar-refractivity contribution in [3.63, 3.8) is 0 Å². The maximum absolute atomic E-state index is 13.9. The van der Waals surface area contributed by atoms with E-state index in [0.29, 0.717) is 11.6 Å². The van der Waals surface area contributed by atoms with Gasteiger partial charge in [0.1, 0.15) is 11.9 Å². The quantitative estimate of drug-likeness (QED) is 0.472. The molecule has 1 unspecified atom stereocenters. The van der Waals surface area contributed by atoms with Gasteiger partial charge in [-0.15, -0.1) is 0 Å². The predicted molar refractivity (Wildman–Crippen MR) is 67.8 cm³/mol. The lowest BCUT2D eigenvalue weighted by Gasteiger charge is -2.14. The number of aliphatic imine (C=N–C) groups is 1. The first-order valence-corrected chi connectivity index (χ1v) is 5.92. The Morgan fingerprint density at radius 1 is 1.05 bits per heavy atom. The molecule has 0 saturated heterocycles. The number of hydrogen-bond acceptors (Lipinski definition) is 2. The molecule has 0 aliphatic heterocycles. The van der Waals surface area contributed by atoms with Crippen LogP contribution in [0, 0.1) is 5.82 Å². The molecule has 0 saturated carbocycles. The second kappa shape index (κ2) is 5.89. The van der Waals surface area contributed by atoms with Crippen molar-refractivity contribution in [1.82, 2.24) is 0 Å². The topological polar surface area (TPSA) is 29.4 Å². The Bertz CT molecular complexity index is 676. The number of carbonyl (C=O) groups excluding carboxylic acids is 1. The first-order chi connectivity index (χ1) is 9.93. The average Bonchev–Trinajstić information content (AvgIpc) is 2.45. The number of isocyanates is 1. The summed E-state index contributed by atoms with van der Waals surface area (Å²) in [5.41, 5.74) is -0.720. The van der Waals surface area contributed by atoms with Crippen LogP contribution in [0.25, 0.3) is 0 Å². The molecule has 6 heteroatoms. The van der Waals surface area contributed by atoms with Crippen LogP contribution in [0.15, 0.2) is 53.5 Å². The SMILES string of the molecule is O=C=NC(c1ccccc1)c1ccc(C(F)(F)F)cc1F. The predicted octanol–water partition coefficient (Wildman–Crippen LogP) is 4.27. The lowest BCUT2D eigenvalue weighted by molar-refractivity contribution is -0.137. The van der Waals surface area contributed by atoms with Gasteiger partial charge in [-0.25, -0.2) is 9.18 Å². The second-order valence-corrected chi connectivity index (χ2v) is 4.27. The van der Waals surface area contributed by atoms with Gasteiger partial charge >= 0.3 is 6.18 Å². The summed E-state index contributed by atoms with van der Waals surface area (Å²) in [7, 11) is 0. The second-order valence-electron chi connectivity index (χ2n) is 4.27. The summed E-state index contributed by atoms with van der Waals surface area (Å²) in [6.07, 6.45) is -3.31. The van der Waals surface area contributed by atoms with E-state index in [2.05, 4.69) is 4.99 Å². The molecule has 0 N–H and O–H groups in total. The molecule has 0 aliphatic rings. The van der Waals surface area contributed by atoms with Crippen LogP contribution in [0.5, 0.6) is 0 Å². The number of nitrogens with zero attached hydrogens (tertiary/aromatic N) is 1. The maximum Gasteiger partial charge on any atom is 0.416 e. The Labute approximate surface area is 117 Å². The summed E-state index contributed by atoms with van der Waals surface area (Å²) in [4.78, 5) is 14.0.